The van der Waals surface area contributed by atoms with Gasteiger partial charge in [0.1, 0.15) is 5.75 Å². The number of rotatable bonds is 6. The van der Waals surface area contributed by atoms with Crippen LogP contribution in [0, 0.1) is 0 Å². The molecule has 0 unspecified atom stereocenters. The van der Waals surface area contributed by atoms with Gasteiger partial charge in [-0.3, -0.25) is 0 Å². The van der Waals surface area contributed by atoms with E-state index in [-0.39, 0.29) is 22.9 Å². The highest BCUT2D eigenvalue weighted by atomic mass is 32.2. The first-order chi connectivity index (χ1) is 8.01. The third kappa shape index (κ3) is 3.61. The van der Waals surface area contributed by atoms with Gasteiger partial charge in [0.15, 0.2) is 9.84 Å². The Morgan fingerprint density at radius 2 is 2.06 bits per heavy atom. The van der Waals surface area contributed by atoms with Crippen LogP contribution in [-0.4, -0.2) is 34.5 Å². The summed E-state index contributed by atoms with van der Waals surface area (Å²) in [6.45, 7) is 2.46. The van der Waals surface area contributed by atoms with Gasteiger partial charge in [-0.15, -0.1) is 0 Å². The first-order valence-corrected chi connectivity index (χ1v) is 6.90. The molecule has 0 aliphatic carbocycles. The Labute approximate surface area is 101 Å². The third-order valence-electron chi connectivity index (χ3n) is 2.26. The molecule has 0 saturated carbocycles. The molecule has 1 aromatic carbocycles. The number of ether oxygens (including phenoxy) is 2. The summed E-state index contributed by atoms with van der Waals surface area (Å²) in [5.41, 5.74) is 5.88. The maximum atomic E-state index is 12.0. The van der Waals surface area contributed by atoms with E-state index in [0.29, 0.717) is 12.4 Å². The van der Waals surface area contributed by atoms with E-state index in [9.17, 15) is 8.42 Å². The lowest BCUT2D eigenvalue weighted by Gasteiger charge is -2.09. The summed E-state index contributed by atoms with van der Waals surface area (Å²) in [7, 11) is -1.95. The van der Waals surface area contributed by atoms with Crippen molar-refractivity contribution in [2.24, 2.45) is 0 Å². The van der Waals surface area contributed by atoms with E-state index in [1.165, 1.54) is 19.2 Å². The molecule has 0 aliphatic heterocycles. The normalized spacial score (nSPS) is 11.4. The average Bonchev–Trinajstić information content (AvgIpc) is 2.29. The van der Waals surface area contributed by atoms with Crippen LogP contribution >= 0.6 is 0 Å². The highest BCUT2D eigenvalue weighted by Crippen LogP contribution is 2.24. The molecule has 0 aliphatic rings. The standard InChI is InChI=1S/C11H17NO4S/c1-3-16-6-7-17(13,14)11-8-9(15-2)4-5-10(11)12/h4-5,8H,3,6-7,12H2,1-2H3. The van der Waals surface area contributed by atoms with Gasteiger partial charge in [-0.1, -0.05) is 0 Å². The molecule has 0 saturated heterocycles. The number of sulfone groups is 1. The van der Waals surface area contributed by atoms with E-state index in [1.807, 2.05) is 6.92 Å². The second-order valence-electron chi connectivity index (χ2n) is 3.42. The van der Waals surface area contributed by atoms with Gasteiger partial charge in [0.05, 0.1) is 30.1 Å². The van der Waals surface area contributed by atoms with E-state index in [0.717, 1.165) is 0 Å². The predicted molar refractivity (Wildman–Crippen MR) is 66.0 cm³/mol. The minimum atomic E-state index is -3.43. The van der Waals surface area contributed by atoms with Crippen LogP contribution in [0.25, 0.3) is 0 Å². The SMILES string of the molecule is CCOCCS(=O)(=O)c1cc(OC)ccc1N. The first-order valence-electron chi connectivity index (χ1n) is 5.25. The first kappa shape index (κ1) is 13.8. The van der Waals surface area contributed by atoms with Crippen LogP contribution in [0.2, 0.25) is 0 Å². The molecule has 96 valence electrons. The zero-order valence-corrected chi connectivity index (χ0v) is 10.8. The quantitative estimate of drug-likeness (QED) is 0.611. The fourth-order valence-electron chi connectivity index (χ4n) is 1.33. The van der Waals surface area contributed by atoms with Crippen molar-refractivity contribution in [1.29, 1.82) is 0 Å². The van der Waals surface area contributed by atoms with Gasteiger partial charge >= 0.3 is 0 Å². The maximum Gasteiger partial charge on any atom is 0.182 e. The fraction of sp³-hybridized carbons (Fsp3) is 0.455. The highest BCUT2D eigenvalue weighted by Gasteiger charge is 2.18. The predicted octanol–water partition coefficient (Wildman–Crippen LogP) is 1.09. The van der Waals surface area contributed by atoms with E-state index in [4.69, 9.17) is 15.2 Å². The zero-order valence-electron chi connectivity index (χ0n) is 9.97. The number of nitrogens with two attached hydrogens (primary N) is 1. The van der Waals surface area contributed by atoms with Crippen LogP contribution < -0.4 is 10.5 Å². The summed E-state index contributed by atoms with van der Waals surface area (Å²) in [5, 5.41) is 0. The largest absolute Gasteiger partial charge is 0.497 e. The van der Waals surface area contributed by atoms with E-state index in [2.05, 4.69) is 0 Å². The van der Waals surface area contributed by atoms with Gasteiger partial charge in [0.2, 0.25) is 0 Å². The second-order valence-corrected chi connectivity index (χ2v) is 5.50. The molecule has 0 radical (unpaired) electrons. The lowest BCUT2D eigenvalue weighted by Crippen LogP contribution is -2.14. The number of hydrogen-bond acceptors (Lipinski definition) is 5. The van der Waals surface area contributed by atoms with Gasteiger partial charge < -0.3 is 15.2 Å². The molecule has 6 heteroatoms. The van der Waals surface area contributed by atoms with Gasteiger partial charge in [0.25, 0.3) is 0 Å². The van der Waals surface area contributed by atoms with E-state index in [1.54, 1.807) is 6.07 Å². The Morgan fingerprint density at radius 1 is 1.35 bits per heavy atom. The Kier molecular flexibility index (Phi) is 4.77. The molecule has 0 spiro atoms. The maximum absolute atomic E-state index is 12.0. The smallest absolute Gasteiger partial charge is 0.182 e. The Balaban J connectivity index is 2.97. The summed E-state index contributed by atoms with van der Waals surface area (Å²) < 4.78 is 34.0. The summed E-state index contributed by atoms with van der Waals surface area (Å²) >= 11 is 0. The highest BCUT2D eigenvalue weighted by molar-refractivity contribution is 7.91. The van der Waals surface area contributed by atoms with Gasteiger partial charge in [0, 0.05) is 12.7 Å². The van der Waals surface area contributed by atoms with Gasteiger partial charge in [-0.25, -0.2) is 8.42 Å². The molecule has 0 aromatic heterocycles. The second kappa shape index (κ2) is 5.88. The monoisotopic (exact) mass is 259 g/mol. The van der Waals surface area contributed by atoms with Crippen molar-refractivity contribution in [3.63, 3.8) is 0 Å². The minimum Gasteiger partial charge on any atom is -0.497 e. The molecular weight excluding hydrogens is 242 g/mol. The van der Waals surface area contributed by atoms with Crippen LogP contribution in [0.15, 0.2) is 23.1 Å². The van der Waals surface area contributed by atoms with Crippen molar-refractivity contribution < 1.29 is 17.9 Å². The molecule has 0 heterocycles. The summed E-state index contributed by atoms with van der Waals surface area (Å²) in [4.78, 5) is 0.0940. The molecule has 5 nitrogen and oxygen atoms in total. The van der Waals surface area contributed by atoms with E-state index >= 15 is 0 Å². The molecular formula is C11H17NO4S. The van der Waals surface area contributed by atoms with Crippen LogP contribution in [0.4, 0.5) is 5.69 Å². The Bertz CT molecular complexity index is 470. The van der Waals surface area contributed by atoms with Gasteiger partial charge in [-0.2, -0.15) is 0 Å². The molecule has 0 atom stereocenters. The Morgan fingerprint density at radius 3 is 2.65 bits per heavy atom. The van der Waals surface area contributed by atoms with Crippen molar-refractivity contribution in [1.82, 2.24) is 0 Å². The van der Waals surface area contributed by atoms with Crippen LogP contribution in [-0.2, 0) is 14.6 Å². The summed E-state index contributed by atoms with van der Waals surface area (Å²) in [6.07, 6.45) is 0. The van der Waals surface area contributed by atoms with Crippen LogP contribution in [0.1, 0.15) is 6.92 Å². The van der Waals surface area contributed by atoms with Crippen molar-refractivity contribution >= 4 is 15.5 Å². The fourth-order valence-corrected chi connectivity index (χ4v) is 2.61. The molecule has 17 heavy (non-hydrogen) atoms. The lowest BCUT2D eigenvalue weighted by atomic mass is 10.3. The number of hydrogen-bond donors (Lipinski definition) is 1. The van der Waals surface area contributed by atoms with Gasteiger partial charge in [-0.05, 0) is 19.1 Å². The zero-order chi connectivity index (χ0) is 12.9. The summed E-state index contributed by atoms with van der Waals surface area (Å²) in [6, 6.07) is 4.57. The molecule has 0 amide bonds. The van der Waals surface area contributed by atoms with Crippen molar-refractivity contribution in [3.05, 3.63) is 18.2 Å². The van der Waals surface area contributed by atoms with Crippen molar-refractivity contribution in [3.8, 4) is 5.75 Å². The summed E-state index contributed by atoms with van der Waals surface area (Å²) in [5.74, 6) is 0.382. The number of benzene rings is 1. The topological polar surface area (TPSA) is 78.6 Å². The lowest BCUT2D eigenvalue weighted by molar-refractivity contribution is 0.163. The molecule has 1 rings (SSSR count). The number of methoxy groups -OCH3 is 1. The average molecular weight is 259 g/mol. The number of anilines is 1. The van der Waals surface area contributed by atoms with Crippen LogP contribution in [0.5, 0.6) is 5.75 Å². The molecule has 0 fully saturated rings. The molecule has 2 N–H and O–H groups in total. The molecule has 0 bridgehead atoms. The van der Waals surface area contributed by atoms with Crippen LogP contribution in [0.3, 0.4) is 0 Å². The minimum absolute atomic E-state index is 0.0851. The third-order valence-corrected chi connectivity index (χ3v) is 3.98. The van der Waals surface area contributed by atoms with Crippen molar-refractivity contribution in [2.75, 3.05) is 31.8 Å². The van der Waals surface area contributed by atoms with Crippen molar-refractivity contribution in [2.45, 2.75) is 11.8 Å². The molecule has 1 aromatic rings. The Hall–Kier alpha value is -1.27. The van der Waals surface area contributed by atoms with E-state index < -0.39 is 9.84 Å². The number of nitrogen functional groups attached to an aromatic ring is 1.